The summed E-state index contributed by atoms with van der Waals surface area (Å²) in [7, 11) is -5.43. The maximum Gasteiger partial charge on any atom is 0.573 e. The van der Waals surface area contributed by atoms with Crippen molar-refractivity contribution in [2.24, 2.45) is 0 Å². The summed E-state index contributed by atoms with van der Waals surface area (Å²) in [6.07, 6.45) is -5.07. The molecule has 0 aliphatic carbocycles. The summed E-state index contributed by atoms with van der Waals surface area (Å²) in [6, 6.07) is 0.989. The lowest BCUT2D eigenvalue weighted by molar-refractivity contribution is -0.274. The summed E-state index contributed by atoms with van der Waals surface area (Å²) in [6.45, 7) is 0. The minimum absolute atomic E-state index is 0.109. The van der Waals surface area contributed by atoms with Crippen LogP contribution in [0.15, 0.2) is 23.1 Å². The molecule has 0 radical (unpaired) electrons. The van der Waals surface area contributed by atoms with Crippen molar-refractivity contribution in [3.63, 3.8) is 0 Å². The maximum atomic E-state index is 12.7. The molecule has 90 valence electrons. The number of alkyl halides is 3. The third-order valence-electron chi connectivity index (χ3n) is 1.40. The quantitative estimate of drug-likeness (QED) is 0.607. The summed E-state index contributed by atoms with van der Waals surface area (Å²) < 4.78 is 84.2. The van der Waals surface area contributed by atoms with Crippen molar-refractivity contribution in [2.45, 2.75) is 11.3 Å². The molecule has 9 heteroatoms. The van der Waals surface area contributed by atoms with E-state index in [9.17, 15) is 29.9 Å². The van der Waals surface area contributed by atoms with Gasteiger partial charge in [0, 0.05) is 6.07 Å². The zero-order valence-corrected chi connectivity index (χ0v) is 8.07. The number of ether oxygens (including phenoxy) is 1. The Labute approximate surface area is 86.7 Å². The predicted octanol–water partition coefficient (Wildman–Crippen LogP) is 2.38. The number of rotatable bonds is 2. The number of halogens is 5. The van der Waals surface area contributed by atoms with Crippen LogP contribution in [-0.2, 0) is 10.2 Å². The Morgan fingerprint density at radius 2 is 1.75 bits per heavy atom. The Kier molecular flexibility index (Phi) is 3.08. The first-order chi connectivity index (χ1) is 7.09. The minimum atomic E-state index is -5.43. The lowest BCUT2D eigenvalue weighted by Gasteiger charge is -2.09. The van der Waals surface area contributed by atoms with Crippen LogP contribution in [0.3, 0.4) is 0 Å². The van der Waals surface area contributed by atoms with Crippen LogP contribution < -0.4 is 4.74 Å². The summed E-state index contributed by atoms with van der Waals surface area (Å²) in [5.74, 6) is -2.53. The van der Waals surface area contributed by atoms with Crippen molar-refractivity contribution >= 4 is 10.2 Å². The molecule has 0 aliphatic rings. The molecular formula is C7H3F5O3S. The highest BCUT2D eigenvalue weighted by Crippen LogP contribution is 2.27. The zero-order chi connectivity index (χ0) is 12.6. The van der Waals surface area contributed by atoms with Crippen molar-refractivity contribution in [1.82, 2.24) is 0 Å². The molecule has 0 heterocycles. The lowest BCUT2D eigenvalue weighted by Crippen LogP contribution is -2.17. The van der Waals surface area contributed by atoms with Crippen LogP contribution in [0.5, 0.6) is 5.75 Å². The second kappa shape index (κ2) is 3.89. The van der Waals surface area contributed by atoms with Gasteiger partial charge in [0.2, 0.25) is 0 Å². The van der Waals surface area contributed by atoms with Gasteiger partial charge in [-0.25, -0.2) is 4.39 Å². The van der Waals surface area contributed by atoms with E-state index >= 15 is 0 Å². The van der Waals surface area contributed by atoms with Crippen LogP contribution in [0.2, 0.25) is 0 Å². The molecule has 0 saturated carbocycles. The second-order valence-electron chi connectivity index (χ2n) is 2.58. The summed E-state index contributed by atoms with van der Waals surface area (Å²) in [4.78, 5) is -1.51. The Morgan fingerprint density at radius 1 is 1.19 bits per heavy atom. The lowest BCUT2D eigenvalue weighted by atomic mass is 10.3. The Morgan fingerprint density at radius 3 is 2.19 bits per heavy atom. The average Bonchev–Trinajstić information content (AvgIpc) is 2.04. The van der Waals surface area contributed by atoms with E-state index in [0.717, 1.165) is 0 Å². The van der Waals surface area contributed by atoms with Crippen LogP contribution >= 0.6 is 0 Å². The third-order valence-corrected chi connectivity index (χ3v) is 2.24. The number of hydrogen-bond acceptors (Lipinski definition) is 3. The van der Waals surface area contributed by atoms with Gasteiger partial charge in [-0.3, -0.25) is 0 Å². The number of hydrogen-bond donors (Lipinski definition) is 0. The van der Waals surface area contributed by atoms with Crippen LogP contribution in [-0.4, -0.2) is 14.8 Å². The van der Waals surface area contributed by atoms with Gasteiger partial charge in [-0.15, -0.1) is 17.1 Å². The fourth-order valence-electron chi connectivity index (χ4n) is 0.868. The summed E-state index contributed by atoms with van der Waals surface area (Å²) in [5.41, 5.74) is 0. The monoisotopic (exact) mass is 262 g/mol. The Bertz CT molecular complexity index is 493. The summed E-state index contributed by atoms with van der Waals surface area (Å²) in [5, 5.41) is 0. The smallest absolute Gasteiger partial charge is 0.406 e. The van der Waals surface area contributed by atoms with E-state index in [1.165, 1.54) is 0 Å². The molecule has 0 atom stereocenters. The van der Waals surface area contributed by atoms with Gasteiger partial charge in [-0.1, -0.05) is 0 Å². The van der Waals surface area contributed by atoms with E-state index < -0.39 is 33.0 Å². The molecule has 0 aromatic heterocycles. The van der Waals surface area contributed by atoms with Crippen molar-refractivity contribution < 1.29 is 34.6 Å². The SMILES string of the molecule is O=S(=O)(F)c1cc(OC(F)(F)F)ccc1F. The molecule has 0 unspecified atom stereocenters. The zero-order valence-electron chi connectivity index (χ0n) is 7.25. The van der Waals surface area contributed by atoms with E-state index in [1.807, 2.05) is 0 Å². The molecule has 0 N–H and O–H groups in total. The molecule has 16 heavy (non-hydrogen) atoms. The molecule has 0 spiro atoms. The van der Waals surface area contributed by atoms with E-state index in [2.05, 4.69) is 4.74 Å². The van der Waals surface area contributed by atoms with Gasteiger partial charge in [0.1, 0.15) is 16.5 Å². The molecule has 1 rings (SSSR count). The minimum Gasteiger partial charge on any atom is -0.406 e. The number of benzene rings is 1. The van der Waals surface area contributed by atoms with Crippen molar-refractivity contribution in [3.05, 3.63) is 24.0 Å². The largest absolute Gasteiger partial charge is 0.573 e. The standard InChI is InChI=1S/C7H3F5O3S/c8-5-2-1-4(15-7(9,10)11)3-6(5)16(12,13)14/h1-3H. The van der Waals surface area contributed by atoms with E-state index in [1.54, 1.807) is 0 Å². The van der Waals surface area contributed by atoms with Crippen molar-refractivity contribution in [1.29, 1.82) is 0 Å². The fourth-order valence-corrected chi connectivity index (χ4v) is 1.43. The van der Waals surface area contributed by atoms with Crippen LogP contribution in [0.1, 0.15) is 0 Å². The van der Waals surface area contributed by atoms with Crippen LogP contribution in [0.25, 0.3) is 0 Å². The molecule has 0 aliphatic heterocycles. The summed E-state index contributed by atoms with van der Waals surface area (Å²) >= 11 is 0. The fraction of sp³-hybridized carbons (Fsp3) is 0.143. The molecule has 0 amide bonds. The molecule has 0 bridgehead atoms. The highest BCUT2D eigenvalue weighted by Gasteiger charge is 2.32. The topological polar surface area (TPSA) is 43.4 Å². The first-order valence-electron chi connectivity index (χ1n) is 3.59. The van der Waals surface area contributed by atoms with Crippen LogP contribution in [0.4, 0.5) is 21.4 Å². The van der Waals surface area contributed by atoms with Crippen LogP contribution in [0, 0.1) is 5.82 Å². The normalized spacial score (nSPS) is 12.6. The van der Waals surface area contributed by atoms with Gasteiger partial charge in [0.25, 0.3) is 0 Å². The van der Waals surface area contributed by atoms with Crippen molar-refractivity contribution in [3.8, 4) is 5.75 Å². The molecular weight excluding hydrogens is 259 g/mol. The van der Waals surface area contributed by atoms with Gasteiger partial charge in [-0.2, -0.15) is 8.42 Å². The molecule has 0 saturated heterocycles. The molecule has 1 aromatic rings. The van der Waals surface area contributed by atoms with E-state index in [-0.39, 0.29) is 6.07 Å². The molecule has 0 fully saturated rings. The Balaban J connectivity index is 3.19. The first kappa shape index (κ1) is 12.7. The van der Waals surface area contributed by atoms with E-state index in [0.29, 0.717) is 12.1 Å². The second-order valence-corrected chi connectivity index (χ2v) is 3.89. The van der Waals surface area contributed by atoms with E-state index in [4.69, 9.17) is 0 Å². The van der Waals surface area contributed by atoms with Gasteiger partial charge >= 0.3 is 16.6 Å². The Hall–Kier alpha value is -1.38. The highest BCUT2D eigenvalue weighted by molar-refractivity contribution is 7.86. The molecule has 3 nitrogen and oxygen atoms in total. The first-order valence-corrected chi connectivity index (χ1v) is 4.98. The highest BCUT2D eigenvalue weighted by atomic mass is 32.3. The average molecular weight is 262 g/mol. The van der Waals surface area contributed by atoms with Gasteiger partial charge in [0.15, 0.2) is 0 Å². The third kappa shape index (κ3) is 3.33. The van der Waals surface area contributed by atoms with Crippen molar-refractivity contribution in [2.75, 3.05) is 0 Å². The van der Waals surface area contributed by atoms with Gasteiger partial charge < -0.3 is 4.74 Å². The van der Waals surface area contributed by atoms with Gasteiger partial charge in [-0.05, 0) is 12.1 Å². The maximum absolute atomic E-state index is 12.7. The van der Waals surface area contributed by atoms with Gasteiger partial charge in [0.05, 0.1) is 0 Å². The predicted molar refractivity (Wildman–Crippen MR) is 41.4 cm³/mol. The molecule has 1 aromatic carbocycles.